The number of amides is 1. The molecule has 0 spiro atoms. The Kier molecular flexibility index (Phi) is 6.99. The molecule has 2 unspecified atom stereocenters. The van der Waals surface area contributed by atoms with Crippen molar-refractivity contribution in [1.82, 2.24) is 10.3 Å². The second kappa shape index (κ2) is 10.5. The van der Waals surface area contributed by atoms with Crippen LogP contribution < -0.4 is 10.2 Å². The molecular weight excluding hydrogens is 476 g/mol. The van der Waals surface area contributed by atoms with Gasteiger partial charge >= 0.3 is 11.0 Å². The van der Waals surface area contributed by atoms with Gasteiger partial charge in [-0.25, -0.2) is 4.79 Å². The number of thiazole rings is 1. The van der Waals surface area contributed by atoms with Crippen molar-refractivity contribution in [3.05, 3.63) is 105 Å². The molecule has 1 aliphatic carbocycles. The number of rotatable bonds is 8. The van der Waals surface area contributed by atoms with Crippen molar-refractivity contribution in [2.45, 2.75) is 24.5 Å². The molecule has 0 aliphatic heterocycles. The number of hydrogen-bond donors (Lipinski definition) is 4. The number of aliphatic hydroxyl groups excluding tert-OH is 2. The maximum atomic E-state index is 12.3. The molecule has 4 aromatic rings. The molecule has 0 fully saturated rings. The number of fused-ring (bicyclic) bond motifs is 3. The van der Waals surface area contributed by atoms with Crippen LogP contribution in [0.15, 0.2) is 83.0 Å². The predicted octanol–water partition coefficient (Wildman–Crippen LogP) is 4.43. The summed E-state index contributed by atoms with van der Waals surface area (Å²) in [7, 11) is 0. The Balaban J connectivity index is 1.11. The molecule has 1 aromatic heterocycles. The quantitative estimate of drug-likeness (QED) is 0.285. The first-order valence-electron chi connectivity index (χ1n) is 11.7. The molecule has 36 heavy (non-hydrogen) atoms. The standard InChI is InChI=1S/C28H26N2O5S/c31-25(26(32)18-11-9-17(10-12-18)24-16-36-28(34)30-24)13-14-29-27(33)35-15-23-21-7-3-1-5-19(21)20-6-2-4-8-22(20)23/h1-12,16,23,25-26,31-32H,13-15H2,(H,29,33)(H,30,34). The first-order chi connectivity index (χ1) is 17.5. The van der Waals surface area contributed by atoms with Crippen LogP contribution in [-0.2, 0) is 4.74 Å². The van der Waals surface area contributed by atoms with Crippen LogP contribution in [0.5, 0.6) is 0 Å². The van der Waals surface area contributed by atoms with Crippen molar-refractivity contribution in [3.8, 4) is 22.4 Å². The number of H-pyrrole nitrogens is 1. The van der Waals surface area contributed by atoms with E-state index < -0.39 is 18.3 Å². The fourth-order valence-corrected chi connectivity index (χ4v) is 5.22. The molecule has 0 bridgehead atoms. The molecule has 8 heteroatoms. The summed E-state index contributed by atoms with van der Waals surface area (Å²) < 4.78 is 5.51. The number of hydrogen-bond acceptors (Lipinski definition) is 6. The van der Waals surface area contributed by atoms with Gasteiger partial charge in [0.15, 0.2) is 0 Å². The van der Waals surface area contributed by atoms with Crippen molar-refractivity contribution >= 4 is 17.4 Å². The molecule has 4 N–H and O–H groups in total. The highest BCUT2D eigenvalue weighted by atomic mass is 32.1. The van der Waals surface area contributed by atoms with Crippen molar-refractivity contribution in [1.29, 1.82) is 0 Å². The molecule has 0 saturated carbocycles. The van der Waals surface area contributed by atoms with E-state index in [1.165, 1.54) is 0 Å². The number of carbonyl (C=O) groups is 1. The van der Waals surface area contributed by atoms with Crippen LogP contribution in [0.2, 0.25) is 0 Å². The first-order valence-corrected chi connectivity index (χ1v) is 12.6. The van der Waals surface area contributed by atoms with Gasteiger partial charge in [-0.15, -0.1) is 0 Å². The van der Waals surface area contributed by atoms with Gasteiger partial charge in [0.25, 0.3) is 0 Å². The van der Waals surface area contributed by atoms with Gasteiger partial charge in [0.05, 0.1) is 11.8 Å². The van der Waals surface area contributed by atoms with E-state index in [4.69, 9.17) is 4.74 Å². The number of aromatic nitrogens is 1. The highest BCUT2D eigenvalue weighted by Crippen LogP contribution is 2.44. The molecule has 3 aromatic carbocycles. The van der Waals surface area contributed by atoms with Crippen LogP contribution in [0.1, 0.15) is 35.1 Å². The number of alkyl carbamates (subject to hydrolysis) is 1. The van der Waals surface area contributed by atoms with Crippen LogP contribution >= 0.6 is 11.3 Å². The third kappa shape index (κ3) is 4.97. The summed E-state index contributed by atoms with van der Waals surface area (Å²) in [6.07, 6.45) is -2.58. The van der Waals surface area contributed by atoms with Gasteiger partial charge in [0.2, 0.25) is 0 Å². The van der Waals surface area contributed by atoms with E-state index in [-0.39, 0.29) is 30.4 Å². The number of aliphatic hydroxyl groups is 2. The summed E-state index contributed by atoms with van der Waals surface area (Å²) in [6, 6.07) is 23.2. The van der Waals surface area contributed by atoms with Gasteiger partial charge in [-0.2, -0.15) is 0 Å². The van der Waals surface area contributed by atoms with E-state index in [2.05, 4.69) is 34.6 Å². The summed E-state index contributed by atoms with van der Waals surface area (Å²) in [5, 5.41) is 25.3. The average molecular weight is 503 g/mol. The zero-order valence-corrected chi connectivity index (χ0v) is 20.2. The molecule has 1 heterocycles. The highest BCUT2D eigenvalue weighted by Gasteiger charge is 2.29. The molecule has 0 radical (unpaired) electrons. The van der Waals surface area contributed by atoms with Crippen LogP contribution in [0, 0.1) is 0 Å². The van der Waals surface area contributed by atoms with Crippen molar-refractivity contribution in [3.63, 3.8) is 0 Å². The van der Waals surface area contributed by atoms with Gasteiger partial charge < -0.3 is 25.3 Å². The maximum Gasteiger partial charge on any atom is 0.407 e. The number of aromatic amines is 1. The lowest BCUT2D eigenvalue weighted by Crippen LogP contribution is -2.30. The minimum absolute atomic E-state index is 0.0227. The van der Waals surface area contributed by atoms with Gasteiger partial charge in [-0.1, -0.05) is 84.1 Å². The van der Waals surface area contributed by atoms with E-state index >= 15 is 0 Å². The van der Waals surface area contributed by atoms with Crippen molar-refractivity contribution in [2.75, 3.05) is 13.2 Å². The fraction of sp³-hybridized carbons (Fsp3) is 0.214. The lowest BCUT2D eigenvalue weighted by atomic mass is 9.98. The molecule has 2 atom stereocenters. The van der Waals surface area contributed by atoms with Crippen molar-refractivity contribution in [2.24, 2.45) is 0 Å². The van der Waals surface area contributed by atoms with Gasteiger partial charge in [-0.05, 0) is 39.8 Å². The lowest BCUT2D eigenvalue weighted by molar-refractivity contribution is 0.0137. The second-order valence-electron chi connectivity index (χ2n) is 8.74. The molecule has 5 rings (SSSR count). The topological polar surface area (TPSA) is 112 Å². The number of nitrogens with one attached hydrogen (secondary N) is 2. The van der Waals surface area contributed by atoms with E-state index in [0.29, 0.717) is 11.3 Å². The maximum absolute atomic E-state index is 12.3. The van der Waals surface area contributed by atoms with E-state index in [1.54, 1.807) is 29.6 Å². The summed E-state index contributed by atoms with van der Waals surface area (Å²) in [4.78, 5) is 26.3. The average Bonchev–Trinajstić information content (AvgIpc) is 3.48. The normalized spacial score (nSPS) is 14.1. The second-order valence-corrected chi connectivity index (χ2v) is 9.58. The third-order valence-electron chi connectivity index (χ3n) is 6.50. The third-order valence-corrected chi connectivity index (χ3v) is 7.17. The van der Waals surface area contributed by atoms with Crippen LogP contribution in [0.25, 0.3) is 22.4 Å². The summed E-state index contributed by atoms with van der Waals surface area (Å²) in [5.74, 6) is -0.0227. The van der Waals surface area contributed by atoms with Gasteiger partial charge in [-0.3, -0.25) is 4.79 Å². The fourth-order valence-electron chi connectivity index (χ4n) is 4.63. The highest BCUT2D eigenvalue weighted by molar-refractivity contribution is 7.07. The van der Waals surface area contributed by atoms with Crippen LogP contribution in [0.3, 0.4) is 0 Å². The Bertz CT molecular complexity index is 1370. The summed E-state index contributed by atoms with van der Waals surface area (Å²) in [6.45, 7) is 0.371. The smallest absolute Gasteiger partial charge is 0.407 e. The number of carbonyl (C=O) groups excluding carboxylic acids is 1. The molecule has 1 aliphatic rings. The zero-order chi connectivity index (χ0) is 25.1. The van der Waals surface area contributed by atoms with E-state index in [0.717, 1.165) is 39.2 Å². The Morgan fingerprint density at radius 3 is 2.22 bits per heavy atom. The SMILES string of the molecule is O=C(NCCC(O)C(O)c1ccc(-c2csc(=O)[nH]2)cc1)OCC1c2ccccc2-c2ccccc21. The molecular formula is C28H26N2O5S. The minimum atomic E-state index is -1.11. The molecule has 1 amide bonds. The Morgan fingerprint density at radius 2 is 1.61 bits per heavy atom. The van der Waals surface area contributed by atoms with E-state index in [1.807, 2.05) is 24.3 Å². The Morgan fingerprint density at radius 1 is 0.972 bits per heavy atom. The zero-order valence-electron chi connectivity index (χ0n) is 19.4. The molecule has 7 nitrogen and oxygen atoms in total. The largest absolute Gasteiger partial charge is 0.449 e. The number of ether oxygens (including phenoxy) is 1. The Labute approximate surface area is 212 Å². The van der Waals surface area contributed by atoms with Gasteiger partial charge in [0.1, 0.15) is 12.7 Å². The summed E-state index contributed by atoms with van der Waals surface area (Å²) in [5.41, 5.74) is 6.68. The molecule has 0 saturated heterocycles. The number of benzene rings is 3. The predicted molar refractivity (Wildman–Crippen MR) is 139 cm³/mol. The van der Waals surface area contributed by atoms with Crippen molar-refractivity contribution < 1.29 is 19.7 Å². The summed E-state index contributed by atoms with van der Waals surface area (Å²) >= 11 is 1.09. The van der Waals surface area contributed by atoms with Crippen LogP contribution in [-0.4, -0.2) is 40.5 Å². The first kappa shape index (κ1) is 24.0. The minimum Gasteiger partial charge on any atom is -0.449 e. The van der Waals surface area contributed by atoms with Gasteiger partial charge in [0, 0.05) is 17.8 Å². The van der Waals surface area contributed by atoms with Crippen LogP contribution in [0.4, 0.5) is 4.79 Å². The van der Waals surface area contributed by atoms with E-state index in [9.17, 15) is 19.8 Å². The monoisotopic (exact) mass is 502 g/mol. The Hall–Kier alpha value is -3.72. The lowest BCUT2D eigenvalue weighted by Gasteiger charge is -2.19. The molecule has 184 valence electrons.